The molecule has 4 nitrogen and oxygen atoms in total. The van der Waals surface area contributed by atoms with Gasteiger partial charge in [-0.2, -0.15) is 0 Å². The molecule has 0 aliphatic heterocycles. The normalized spacial score (nSPS) is 10.1. The maximum atomic E-state index is 10.8. The fourth-order valence-electron chi connectivity index (χ4n) is 2.01. The molecular formula is C18H20O4. The molecule has 0 aliphatic rings. The van der Waals surface area contributed by atoms with Crippen LogP contribution in [0.4, 0.5) is 0 Å². The van der Waals surface area contributed by atoms with Crippen LogP contribution in [0.3, 0.4) is 0 Å². The van der Waals surface area contributed by atoms with Gasteiger partial charge in [-0.3, -0.25) is 4.79 Å². The number of ether oxygens (including phenoxy) is 3. The Morgan fingerprint density at radius 1 is 0.909 bits per heavy atom. The van der Waals surface area contributed by atoms with E-state index >= 15 is 0 Å². The quantitative estimate of drug-likeness (QED) is 0.551. The van der Waals surface area contributed by atoms with Gasteiger partial charge in [0.15, 0.2) is 11.5 Å². The highest BCUT2D eigenvalue weighted by Crippen LogP contribution is 2.28. The molecule has 0 bridgehead atoms. The molecule has 0 spiro atoms. The van der Waals surface area contributed by atoms with Crippen molar-refractivity contribution in [1.82, 2.24) is 0 Å². The number of carbonyl (C=O) groups is 1. The van der Waals surface area contributed by atoms with E-state index in [-0.39, 0.29) is 0 Å². The van der Waals surface area contributed by atoms with Crippen LogP contribution >= 0.6 is 0 Å². The Kier molecular flexibility index (Phi) is 5.83. The van der Waals surface area contributed by atoms with E-state index in [9.17, 15) is 4.79 Å². The lowest BCUT2D eigenvalue weighted by Gasteiger charge is -2.13. The summed E-state index contributed by atoms with van der Waals surface area (Å²) in [6.45, 7) is 5.24. The van der Waals surface area contributed by atoms with Gasteiger partial charge in [-0.25, -0.2) is 0 Å². The van der Waals surface area contributed by atoms with Crippen molar-refractivity contribution in [2.24, 2.45) is 0 Å². The molecule has 0 amide bonds. The lowest BCUT2D eigenvalue weighted by atomic mass is 10.2. The number of rotatable bonds is 8. The van der Waals surface area contributed by atoms with Crippen molar-refractivity contribution in [2.75, 3.05) is 19.8 Å². The molecule has 0 N–H and O–H groups in total. The molecule has 0 aromatic heterocycles. The second kappa shape index (κ2) is 8.08. The van der Waals surface area contributed by atoms with Crippen LogP contribution in [-0.4, -0.2) is 26.1 Å². The molecule has 0 atom stereocenters. The monoisotopic (exact) mass is 300 g/mol. The van der Waals surface area contributed by atoms with Crippen molar-refractivity contribution in [1.29, 1.82) is 0 Å². The molecule has 2 rings (SSSR count). The molecule has 22 heavy (non-hydrogen) atoms. The molecule has 4 heteroatoms. The van der Waals surface area contributed by atoms with E-state index in [1.165, 1.54) is 0 Å². The Labute approximate surface area is 130 Å². The first-order valence-electron chi connectivity index (χ1n) is 7.28. The van der Waals surface area contributed by atoms with Crippen molar-refractivity contribution >= 4 is 6.29 Å². The third-order valence-corrected chi connectivity index (χ3v) is 3.10. The van der Waals surface area contributed by atoms with Gasteiger partial charge in [0.05, 0.1) is 6.61 Å². The van der Waals surface area contributed by atoms with Crippen LogP contribution in [0.2, 0.25) is 0 Å². The highest BCUT2D eigenvalue weighted by Gasteiger charge is 2.06. The number of hydrogen-bond donors (Lipinski definition) is 0. The van der Waals surface area contributed by atoms with Gasteiger partial charge in [-0.1, -0.05) is 18.2 Å². The molecular weight excluding hydrogens is 280 g/mol. The van der Waals surface area contributed by atoms with Gasteiger partial charge in [0.2, 0.25) is 0 Å². The summed E-state index contributed by atoms with van der Waals surface area (Å²) in [5.74, 6) is 2.04. The van der Waals surface area contributed by atoms with Crippen LogP contribution in [0.15, 0.2) is 42.5 Å². The smallest absolute Gasteiger partial charge is 0.161 e. The van der Waals surface area contributed by atoms with Crippen molar-refractivity contribution in [3.8, 4) is 17.2 Å². The average molecular weight is 300 g/mol. The van der Waals surface area contributed by atoms with Crippen LogP contribution in [0.5, 0.6) is 17.2 Å². The minimum Gasteiger partial charge on any atom is -0.490 e. The molecule has 2 aromatic carbocycles. The van der Waals surface area contributed by atoms with Gasteiger partial charge in [0.1, 0.15) is 25.2 Å². The zero-order valence-corrected chi connectivity index (χ0v) is 12.9. The standard InChI is InChI=1S/C18H20O4/c1-3-20-18-12-15(13-19)8-9-17(18)22-11-10-21-16-7-5-4-6-14(16)2/h4-9,12-13H,3,10-11H2,1-2H3. The first-order valence-corrected chi connectivity index (χ1v) is 7.28. The van der Waals surface area contributed by atoms with Crippen LogP contribution in [0.25, 0.3) is 0 Å². The second-order valence-corrected chi connectivity index (χ2v) is 4.72. The molecule has 0 saturated heterocycles. The molecule has 0 radical (unpaired) electrons. The summed E-state index contributed by atoms with van der Waals surface area (Å²) >= 11 is 0. The minimum absolute atomic E-state index is 0.398. The van der Waals surface area contributed by atoms with Crippen molar-refractivity contribution in [3.63, 3.8) is 0 Å². The Balaban J connectivity index is 1.91. The van der Waals surface area contributed by atoms with Gasteiger partial charge < -0.3 is 14.2 Å². The van der Waals surface area contributed by atoms with Crippen LogP contribution in [-0.2, 0) is 0 Å². The summed E-state index contributed by atoms with van der Waals surface area (Å²) in [6.07, 6.45) is 0.785. The lowest BCUT2D eigenvalue weighted by molar-refractivity contribution is 0.112. The van der Waals surface area contributed by atoms with Crippen molar-refractivity contribution < 1.29 is 19.0 Å². The summed E-state index contributed by atoms with van der Waals surface area (Å²) in [5, 5.41) is 0. The zero-order valence-electron chi connectivity index (χ0n) is 12.9. The predicted molar refractivity (Wildman–Crippen MR) is 85.2 cm³/mol. The molecule has 116 valence electrons. The van der Waals surface area contributed by atoms with E-state index in [1.807, 2.05) is 38.1 Å². The number of carbonyl (C=O) groups excluding carboxylic acids is 1. The van der Waals surface area contributed by atoms with E-state index in [2.05, 4.69) is 0 Å². The summed E-state index contributed by atoms with van der Waals surface area (Å²) in [5.41, 5.74) is 1.65. The third kappa shape index (κ3) is 4.25. The molecule has 0 heterocycles. The van der Waals surface area contributed by atoms with E-state index in [0.29, 0.717) is 36.9 Å². The number of benzene rings is 2. The van der Waals surface area contributed by atoms with E-state index in [4.69, 9.17) is 14.2 Å². The van der Waals surface area contributed by atoms with Crippen molar-refractivity contribution in [2.45, 2.75) is 13.8 Å². The lowest BCUT2D eigenvalue weighted by Crippen LogP contribution is -2.10. The fourth-order valence-corrected chi connectivity index (χ4v) is 2.01. The Bertz CT molecular complexity index is 622. The Morgan fingerprint density at radius 2 is 1.64 bits per heavy atom. The van der Waals surface area contributed by atoms with Gasteiger partial charge in [0, 0.05) is 5.56 Å². The molecule has 2 aromatic rings. The van der Waals surface area contributed by atoms with E-state index in [1.54, 1.807) is 18.2 Å². The Hall–Kier alpha value is -2.49. The van der Waals surface area contributed by atoms with Gasteiger partial charge in [-0.15, -0.1) is 0 Å². The molecule has 0 aliphatic carbocycles. The summed E-state index contributed by atoms with van der Waals surface area (Å²) in [4.78, 5) is 10.8. The number of aryl methyl sites for hydroxylation is 1. The van der Waals surface area contributed by atoms with E-state index in [0.717, 1.165) is 17.6 Å². The van der Waals surface area contributed by atoms with Gasteiger partial charge in [-0.05, 0) is 43.7 Å². The fraction of sp³-hybridized carbons (Fsp3) is 0.278. The second-order valence-electron chi connectivity index (χ2n) is 4.72. The highest BCUT2D eigenvalue weighted by atomic mass is 16.5. The highest BCUT2D eigenvalue weighted by molar-refractivity contribution is 5.76. The van der Waals surface area contributed by atoms with Crippen molar-refractivity contribution in [3.05, 3.63) is 53.6 Å². The maximum Gasteiger partial charge on any atom is 0.161 e. The first kappa shape index (κ1) is 15.9. The van der Waals surface area contributed by atoms with Gasteiger partial charge >= 0.3 is 0 Å². The average Bonchev–Trinajstić information content (AvgIpc) is 2.54. The van der Waals surface area contributed by atoms with Crippen LogP contribution < -0.4 is 14.2 Å². The first-order chi connectivity index (χ1) is 10.7. The number of para-hydroxylation sites is 1. The zero-order chi connectivity index (χ0) is 15.8. The maximum absolute atomic E-state index is 10.8. The molecule has 0 unspecified atom stereocenters. The number of aldehydes is 1. The van der Waals surface area contributed by atoms with Gasteiger partial charge in [0.25, 0.3) is 0 Å². The predicted octanol–water partition coefficient (Wildman–Crippen LogP) is 3.66. The SMILES string of the molecule is CCOc1cc(C=O)ccc1OCCOc1ccccc1C. The summed E-state index contributed by atoms with van der Waals surface area (Å²) in [6, 6.07) is 13.0. The van der Waals surface area contributed by atoms with Crippen LogP contribution in [0.1, 0.15) is 22.8 Å². The minimum atomic E-state index is 0.398. The largest absolute Gasteiger partial charge is 0.490 e. The van der Waals surface area contributed by atoms with Crippen LogP contribution in [0, 0.1) is 6.92 Å². The summed E-state index contributed by atoms with van der Waals surface area (Å²) in [7, 11) is 0. The summed E-state index contributed by atoms with van der Waals surface area (Å²) < 4.78 is 16.9. The topological polar surface area (TPSA) is 44.8 Å². The Morgan fingerprint density at radius 3 is 2.32 bits per heavy atom. The van der Waals surface area contributed by atoms with E-state index < -0.39 is 0 Å². The third-order valence-electron chi connectivity index (χ3n) is 3.10. The molecule has 0 saturated carbocycles. The molecule has 0 fully saturated rings. The number of hydrogen-bond acceptors (Lipinski definition) is 4.